The van der Waals surface area contributed by atoms with Gasteiger partial charge >= 0.3 is 48.9 Å². The van der Waals surface area contributed by atoms with E-state index in [9.17, 15) is 30.0 Å². The molecule has 0 aliphatic carbocycles. The molecular weight excluding hydrogens is 666 g/mol. The summed E-state index contributed by atoms with van der Waals surface area (Å²) >= 11 is 0. The fourth-order valence-corrected chi connectivity index (χ4v) is 5.44. The van der Waals surface area contributed by atoms with Crippen LogP contribution in [-0.4, -0.2) is 83.2 Å². The van der Waals surface area contributed by atoms with Gasteiger partial charge in [0.1, 0.15) is 0 Å². The molecule has 0 aliphatic rings. The molecule has 0 aliphatic heterocycles. The zero-order valence-corrected chi connectivity index (χ0v) is 33.0. The van der Waals surface area contributed by atoms with Gasteiger partial charge in [0.15, 0.2) is 0 Å². The molecule has 2 unspecified atom stereocenters. The molecule has 0 saturated heterocycles. The van der Waals surface area contributed by atoms with E-state index in [1.807, 2.05) is 0 Å². The fraction of sp³-hybridized carbons (Fsp3) is 0.944. The van der Waals surface area contributed by atoms with Crippen LogP contribution in [0.4, 0.5) is 0 Å². The Bertz CT molecular complexity index is 512. The van der Waals surface area contributed by atoms with Crippen molar-refractivity contribution >= 4 is 60.8 Å². The maximum Gasteiger partial charge on any atom is 2.00 e. The molecule has 0 bridgehead atoms. The van der Waals surface area contributed by atoms with Gasteiger partial charge in [-0.3, -0.25) is 0 Å². The van der Waals surface area contributed by atoms with E-state index in [0.29, 0.717) is 0 Å². The molecule has 2 N–H and O–H groups in total. The van der Waals surface area contributed by atoms with Crippen LogP contribution in [0.1, 0.15) is 206 Å². The second-order valence-electron chi connectivity index (χ2n) is 12.5. The minimum atomic E-state index is -0.919. The molecule has 0 saturated carbocycles. The van der Waals surface area contributed by atoms with Crippen molar-refractivity contribution in [1.29, 1.82) is 0 Å². The number of carboxylic acids is 2. The topological polar surface area (TPSA) is 121 Å². The van der Waals surface area contributed by atoms with E-state index in [1.165, 1.54) is 103 Å². The third-order valence-electron chi connectivity index (χ3n) is 8.08. The van der Waals surface area contributed by atoms with Gasteiger partial charge < -0.3 is 30.0 Å². The van der Waals surface area contributed by atoms with Gasteiger partial charge in [0.05, 0.1) is 12.2 Å². The van der Waals surface area contributed by atoms with Gasteiger partial charge in [0, 0.05) is 11.9 Å². The van der Waals surface area contributed by atoms with E-state index in [2.05, 4.69) is 13.8 Å². The van der Waals surface area contributed by atoms with Crippen molar-refractivity contribution in [2.75, 3.05) is 0 Å². The molecule has 2 atom stereocenters. The number of aliphatic hydroxyl groups excluding tert-OH is 2. The predicted octanol–water partition coefficient (Wildman–Crippen LogP) is 7.56. The first-order valence-electron chi connectivity index (χ1n) is 18.1. The molecule has 0 heterocycles. The molecule has 43 heavy (non-hydrogen) atoms. The van der Waals surface area contributed by atoms with Crippen LogP contribution in [0.3, 0.4) is 0 Å². The first-order chi connectivity index (χ1) is 20.3. The molecule has 0 rings (SSSR count). The molecule has 0 aromatic carbocycles. The molecule has 0 spiro atoms. The zero-order valence-electron chi connectivity index (χ0n) is 28.6. The van der Waals surface area contributed by atoms with E-state index in [-0.39, 0.29) is 73.9 Å². The zero-order chi connectivity index (χ0) is 31.5. The standard InChI is InChI=1S/2C18H36O3.Ba/c2*1-2-14-17(19)15-12-10-8-6-4-3-5-7-9-11-13-16-18(20)21;/h2*17,19H,2-16H2,1H3,(H,20,21);/q;;+2/p-2. The Morgan fingerprint density at radius 1 is 0.419 bits per heavy atom. The Kier molecular flexibility index (Phi) is 45.0. The number of unbranched alkanes of at least 4 members (excludes halogenated alkanes) is 20. The summed E-state index contributed by atoms with van der Waals surface area (Å²) in [6.45, 7) is 4.24. The third kappa shape index (κ3) is 47.0. The second-order valence-corrected chi connectivity index (χ2v) is 12.5. The summed E-state index contributed by atoms with van der Waals surface area (Å²) in [4.78, 5) is 20.5. The van der Waals surface area contributed by atoms with Crippen LogP contribution in [0.2, 0.25) is 0 Å². The summed E-state index contributed by atoms with van der Waals surface area (Å²) in [5.41, 5.74) is 0. The van der Waals surface area contributed by atoms with Gasteiger partial charge in [-0.05, 0) is 51.4 Å². The van der Waals surface area contributed by atoms with Crippen molar-refractivity contribution in [3.63, 3.8) is 0 Å². The van der Waals surface area contributed by atoms with Crippen LogP contribution in [0.5, 0.6) is 0 Å². The van der Waals surface area contributed by atoms with Gasteiger partial charge in [0.25, 0.3) is 0 Å². The average Bonchev–Trinajstić information content (AvgIpc) is 2.94. The summed E-state index contributed by atoms with van der Waals surface area (Å²) in [5.74, 6) is -1.84. The number of hydrogen-bond donors (Lipinski definition) is 2. The largest absolute Gasteiger partial charge is 2.00 e. The molecule has 0 fully saturated rings. The van der Waals surface area contributed by atoms with Crippen LogP contribution < -0.4 is 10.2 Å². The van der Waals surface area contributed by atoms with Crippen molar-refractivity contribution in [3.8, 4) is 0 Å². The molecule has 0 radical (unpaired) electrons. The minimum absolute atomic E-state index is 0. The average molecular weight is 736 g/mol. The first kappa shape index (κ1) is 47.8. The van der Waals surface area contributed by atoms with Gasteiger partial charge in [-0.25, -0.2) is 0 Å². The van der Waals surface area contributed by atoms with Crippen LogP contribution >= 0.6 is 0 Å². The van der Waals surface area contributed by atoms with Gasteiger partial charge in [-0.2, -0.15) is 0 Å². The summed E-state index contributed by atoms with van der Waals surface area (Å²) in [5, 5.41) is 39.7. The molecule has 7 heteroatoms. The Hall–Kier alpha value is 0.431. The van der Waals surface area contributed by atoms with E-state index < -0.39 is 11.9 Å². The number of hydrogen-bond acceptors (Lipinski definition) is 6. The molecule has 252 valence electrons. The van der Waals surface area contributed by atoms with Gasteiger partial charge in [0.2, 0.25) is 0 Å². The van der Waals surface area contributed by atoms with Crippen molar-refractivity contribution in [1.82, 2.24) is 0 Å². The Labute approximate surface area is 307 Å². The molecule has 0 aromatic heterocycles. The van der Waals surface area contributed by atoms with Gasteiger partial charge in [-0.15, -0.1) is 0 Å². The second kappa shape index (κ2) is 40.5. The maximum absolute atomic E-state index is 10.2. The van der Waals surface area contributed by atoms with E-state index in [1.54, 1.807) is 0 Å². The normalized spacial score (nSPS) is 12.2. The first-order valence-corrected chi connectivity index (χ1v) is 18.1. The number of carboxylic acid groups (broad SMARTS) is 2. The van der Waals surface area contributed by atoms with Crippen LogP contribution in [-0.2, 0) is 9.59 Å². The number of rotatable bonds is 32. The van der Waals surface area contributed by atoms with Crippen molar-refractivity contribution in [3.05, 3.63) is 0 Å². The molecular formula is C36H70BaO6. The summed E-state index contributed by atoms with van der Waals surface area (Å²) in [6, 6.07) is 0. The van der Waals surface area contributed by atoms with E-state index in [4.69, 9.17) is 0 Å². The molecule has 0 aromatic rings. The number of carbonyl (C=O) groups excluding carboxylic acids is 2. The van der Waals surface area contributed by atoms with Crippen molar-refractivity contribution in [2.24, 2.45) is 0 Å². The Morgan fingerprint density at radius 3 is 0.837 bits per heavy atom. The van der Waals surface area contributed by atoms with Crippen LogP contribution in [0.25, 0.3) is 0 Å². The SMILES string of the molecule is CCCC(O)CCCCCCCCCCCCCC(=O)[O-].CCCC(O)CCCCCCCCCCCCCC(=O)[O-].[Ba+2]. The Morgan fingerprint density at radius 2 is 0.628 bits per heavy atom. The van der Waals surface area contributed by atoms with Gasteiger partial charge in [-0.1, -0.05) is 155 Å². The van der Waals surface area contributed by atoms with E-state index >= 15 is 0 Å². The monoisotopic (exact) mass is 736 g/mol. The van der Waals surface area contributed by atoms with Crippen LogP contribution in [0, 0.1) is 0 Å². The van der Waals surface area contributed by atoms with Crippen molar-refractivity contribution < 1.29 is 30.0 Å². The quantitative estimate of drug-likeness (QED) is 0.0544. The minimum Gasteiger partial charge on any atom is -0.550 e. The predicted molar refractivity (Wildman–Crippen MR) is 178 cm³/mol. The van der Waals surface area contributed by atoms with Crippen LogP contribution in [0.15, 0.2) is 0 Å². The fourth-order valence-electron chi connectivity index (χ4n) is 5.44. The van der Waals surface area contributed by atoms with E-state index in [0.717, 1.165) is 77.0 Å². The smallest absolute Gasteiger partial charge is 0.550 e. The number of aliphatic hydroxyl groups is 2. The molecule has 6 nitrogen and oxygen atoms in total. The van der Waals surface area contributed by atoms with Crippen molar-refractivity contribution in [2.45, 2.75) is 219 Å². The number of aliphatic carboxylic acids is 2. The number of carbonyl (C=O) groups is 2. The summed E-state index contributed by atoms with van der Waals surface area (Å²) in [6.07, 6.45) is 32.5. The Balaban J connectivity index is -0.000000727. The summed E-state index contributed by atoms with van der Waals surface area (Å²) in [7, 11) is 0. The molecule has 0 amide bonds. The maximum atomic E-state index is 10.2. The summed E-state index contributed by atoms with van der Waals surface area (Å²) < 4.78 is 0. The third-order valence-corrected chi connectivity index (χ3v) is 8.08.